The van der Waals surface area contributed by atoms with E-state index < -0.39 is 25.0 Å². The van der Waals surface area contributed by atoms with Crippen molar-refractivity contribution in [2.75, 3.05) is 17.9 Å². The van der Waals surface area contributed by atoms with Crippen molar-refractivity contribution in [3.63, 3.8) is 0 Å². The number of rotatable bonds is 3. The summed E-state index contributed by atoms with van der Waals surface area (Å²) in [5, 5.41) is 14.6. The fraction of sp³-hybridized carbons (Fsp3) is 0.400. The van der Waals surface area contributed by atoms with Crippen molar-refractivity contribution < 1.29 is 13.3 Å². The largest absolute Gasteiger partial charge is 0.388 e. The fourth-order valence-corrected chi connectivity index (χ4v) is 1.88. The monoisotopic (exact) mass is 263 g/mol. The van der Waals surface area contributed by atoms with Crippen LogP contribution < -0.4 is 4.90 Å². The van der Waals surface area contributed by atoms with Crippen molar-refractivity contribution in [1.82, 2.24) is 9.78 Å². The molecule has 19 heavy (non-hydrogen) atoms. The van der Waals surface area contributed by atoms with Gasteiger partial charge in [0.25, 0.3) is 0 Å². The van der Waals surface area contributed by atoms with E-state index in [0.29, 0.717) is 11.4 Å². The Kier molecular flexibility index (Phi) is 1.76. The predicted molar refractivity (Wildman–Crippen MR) is 75.2 cm³/mol. The maximum Gasteiger partial charge on any atom is 0.150 e. The highest BCUT2D eigenvalue weighted by Crippen LogP contribution is 2.24. The Hall–Kier alpha value is -1.81. The number of hydrogen-bond donors (Lipinski definition) is 1. The van der Waals surface area contributed by atoms with Crippen LogP contribution in [0.2, 0.25) is 0 Å². The normalized spacial score (nSPS) is 35.6. The summed E-state index contributed by atoms with van der Waals surface area (Å²) in [6.07, 6.45) is -1.27. The van der Waals surface area contributed by atoms with Gasteiger partial charge in [0, 0.05) is 30.7 Å². The molecule has 1 unspecified atom stereocenters. The molecule has 4 heteroatoms. The van der Waals surface area contributed by atoms with Gasteiger partial charge >= 0.3 is 0 Å². The van der Waals surface area contributed by atoms with Crippen LogP contribution in [-0.4, -0.2) is 33.5 Å². The van der Waals surface area contributed by atoms with E-state index in [9.17, 15) is 5.11 Å². The van der Waals surface area contributed by atoms with Crippen LogP contribution in [0.15, 0.2) is 42.6 Å². The second kappa shape index (κ2) is 4.70. The summed E-state index contributed by atoms with van der Waals surface area (Å²) in [7, 11) is 0. The first-order valence-electron chi connectivity index (χ1n) is 9.03. The molecule has 0 aliphatic carbocycles. The zero-order valence-electron chi connectivity index (χ0n) is 16.5. The first kappa shape index (κ1) is 7.10. The number of aliphatic hydroxyl groups is 1. The van der Waals surface area contributed by atoms with E-state index in [-0.39, 0.29) is 5.82 Å². The Morgan fingerprint density at radius 1 is 1.37 bits per heavy atom. The predicted octanol–water partition coefficient (Wildman–Crippen LogP) is 1.89. The quantitative estimate of drug-likeness (QED) is 0.919. The lowest BCUT2D eigenvalue weighted by molar-refractivity contribution is 0.0839. The first-order valence-corrected chi connectivity index (χ1v) is 6.03. The van der Waals surface area contributed by atoms with E-state index in [1.807, 2.05) is 30.3 Å². The van der Waals surface area contributed by atoms with Gasteiger partial charge in [-0.2, -0.15) is 5.10 Å². The maximum absolute atomic E-state index is 10.4. The summed E-state index contributed by atoms with van der Waals surface area (Å²) in [5.41, 5.74) is -1.60. The molecular formula is C15H19N3O. The van der Waals surface area contributed by atoms with Gasteiger partial charge in [-0.05, 0) is 18.9 Å². The lowest BCUT2D eigenvalue weighted by Gasteiger charge is -2.18. The van der Waals surface area contributed by atoms with Gasteiger partial charge in [-0.15, -0.1) is 0 Å². The zero-order chi connectivity index (χ0) is 18.7. The van der Waals surface area contributed by atoms with E-state index in [0.717, 1.165) is 12.5 Å². The number of aromatic nitrogens is 2. The van der Waals surface area contributed by atoms with Crippen LogP contribution in [0.4, 0.5) is 5.82 Å². The molecule has 1 saturated heterocycles. The SMILES string of the molecule is [2H]C1([2H])N(c2ccn(Cc3ccccc3)n2)C([2H])([2H])C(C)(O)C1([2H])[2H]. The molecule has 0 radical (unpaired) electrons. The van der Waals surface area contributed by atoms with Gasteiger partial charge in [-0.1, -0.05) is 30.3 Å². The molecular weight excluding hydrogens is 238 g/mol. The van der Waals surface area contributed by atoms with Gasteiger partial charge in [0.1, 0.15) is 0 Å². The van der Waals surface area contributed by atoms with Crippen molar-refractivity contribution in [2.45, 2.75) is 25.4 Å². The molecule has 0 amide bonds. The van der Waals surface area contributed by atoms with Crippen molar-refractivity contribution in [3.05, 3.63) is 48.2 Å². The van der Waals surface area contributed by atoms with Crippen LogP contribution in [0.25, 0.3) is 0 Å². The van der Waals surface area contributed by atoms with Crippen LogP contribution in [0.3, 0.4) is 0 Å². The maximum atomic E-state index is 10.4. The van der Waals surface area contributed by atoms with Crippen molar-refractivity contribution in [1.29, 1.82) is 0 Å². The highest BCUT2D eigenvalue weighted by molar-refractivity contribution is 5.39. The third-order valence-corrected chi connectivity index (χ3v) is 2.78. The van der Waals surface area contributed by atoms with E-state index in [1.54, 1.807) is 6.20 Å². The summed E-state index contributed by atoms with van der Waals surface area (Å²) >= 11 is 0. The van der Waals surface area contributed by atoms with Crippen LogP contribution in [0.1, 0.15) is 27.1 Å². The summed E-state index contributed by atoms with van der Waals surface area (Å²) in [4.78, 5) is 0.585. The summed E-state index contributed by atoms with van der Waals surface area (Å²) < 4.78 is 49.9. The lowest BCUT2D eigenvalue weighted by Crippen LogP contribution is -2.29. The van der Waals surface area contributed by atoms with Gasteiger partial charge < -0.3 is 10.0 Å². The van der Waals surface area contributed by atoms with E-state index in [4.69, 9.17) is 8.22 Å². The third-order valence-electron chi connectivity index (χ3n) is 2.78. The molecule has 1 N–H and O–H groups in total. The second-order valence-corrected chi connectivity index (χ2v) is 4.61. The molecule has 2 heterocycles. The molecule has 2 aromatic rings. The van der Waals surface area contributed by atoms with Crippen molar-refractivity contribution >= 4 is 5.82 Å². The summed E-state index contributed by atoms with van der Waals surface area (Å²) in [5.74, 6) is -0.0763. The van der Waals surface area contributed by atoms with Crippen molar-refractivity contribution in [2.24, 2.45) is 0 Å². The molecule has 0 spiro atoms. The molecule has 1 aliphatic rings. The number of anilines is 1. The first-order chi connectivity index (χ1) is 11.4. The highest BCUT2D eigenvalue weighted by Gasteiger charge is 2.32. The van der Waals surface area contributed by atoms with Gasteiger partial charge in [0.05, 0.1) is 14.9 Å². The Morgan fingerprint density at radius 2 is 2.16 bits per heavy atom. The molecule has 1 atom stereocenters. The minimum Gasteiger partial charge on any atom is -0.388 e. The van der Waals surface area contributed by atoms with Crippen LogP contribution in [-0.2, 0) is 6.54 Å². The number of β-amino-alcohol motifs (C(OH)–C–C–N with tert-alkyl or cyclic N) is 1. The van der Waals surface area contributed by atoms with Gasteiger partial charge in [0.2, 0.25) is 0 Å². The molecule has 100 valence electrons. The average molecular weight is 263 g/mol. The smallest absolute Gasteiger partial charge is 0.150 e. The van der Waals surface area contributed by atoms with Crippen LogP contribution >= 0.6 is 0 Å². The summed E-state index contributed by atoms with van der Waals surface area (Å²) in [6, 6.07) is 10.9. The molecule has 0 bridgehead atoms. The molecule has 1 aromatic carbocycles. The molecule has 1 aromatic heterocycles. The third kappa shape index (κ3) is 2.79. The molecule has 1 fully saturated rings. The van der Waals surface area contributed by atoms with Crippen LogP contribution in [0.5, 0.6) is 0 Å². The molecule has 0 saturated carbocycles. The Balaban J connectivity index is 1.99. The van der Waals surface area contributed by atoms with Crippen LogP contribution in [0, 0.1) is 0 Å². The van der Waals surface area contributed by atoms with Crippen molar-refractivity contribution in [3.8, 4) is 0 Å². The standard InChI is InChI=1S/C15H19N3O/c1-15(19)8-10-17(12-15)14-7-9-18(16-14)11-13-5-3-2-4-6-13/h2-7,9,19H,8,10-12H2,1H3/i8D2,10D2,12D2. The van der Waals surface area contributed by atoms with E-state index in [2.05, 4.69) is 5.10 Å². The average Bonchev–Trinajstić information content (AvgIpc) is 2.96. The molecule has 4 nitrogen and oxygen atoms in total. The minimum atomic E-state index is -2.84. The summed E-state index contributed by atoms with van der Waals surface area (Å²) in [6.45, 7) is -4.10. The number of benzene rings is 1. The second-order valence-electron chi connectivity index (χ2n) is 4.61. The fourth-order valence-electron chi connectivity index (χ4n) is 1.88. The lowest BCUT2D eigenvalue weighted by atomic mass is 10.1. The highest BCUT2D eigenvalue weighted by atomic mass is 16.3. The molecule has 1 aliphatic heterocycles. The topological polar surface area (TPSA) is 41.3 Å². The van der Waals surface area contributed by atoms with Gasteiger partial charge in [0.15, 0.2) is 5.82 Å². The van der Waals surface area contributed by atoms with Gasteiger partial charge in [-0.3, -0.25) is 4.68 Å². The molecule has 3 rings (SSSR count). The van der Waals surface area contributed by atoms with Gasteiger partial charge in [-0.25, -0.2) is 0 Å². The Labute approximate surface area is 121 Å². The minimum absolute atomic E-state index is 0.0763. The number of hydrogen-bond acceptors (Lipinski definition) is 3. The number of nitrogens with zero attached hydrogens (tertiary/aromatic N) is 3. The Morgan fingerprint density at radius 3 is 2.84 bits per heavy atom. The van der Waals surface area contributed by atoms with E-state index >= 15 is 0 Å². The zero-order valence-corrected chi connectivity index (χ0v) is 10.5. The Bertz CT molecular complexity index is 749. The van der Waals surface area contributed by atoms with E-state index in [1.165, 1.54) is 10.7 Å².